The second-order valence-corrected chi connectivity index (χ2v) is 9.32. The number of rotatable bonds is 7. The van der Waals surface area contributed by atoms with Gasteiger partial charge >= 0.3 is 0 Å². The molecule has 30 heavy (non-hydrogen) atoms. The van der Waals surface area contributed by atoms with Gasteiger partial charge in [0.2, 0.25) is 0 Å². The number of hydrogen-bond acceptors (Lipinski definition) is 7. The van der Waals surface area contributed by atoms with E-state index in [-0.39, 0.29) is 16.1 Å². The first-order chi connectivity index (χ1) is 14.2. The Morgan fingerprint density at radius 3 is 2.67 bits per heavy atom. The van der Waals surface area contributed by atoms with Gasteiger partial charge in [-0.25, -0.2) is 8.42 Å². The average Bonchev–Trinajstić information content (AvgIpc) is 3.04. The number of amides is 1. The van der Waals surface area contributed by atoms with E-state index in [1.54, 1.807) is 16.7 Å². The molecule has 1 heterocycles. The van der Waals surface area contributed by atoms with Crippen molar-refractivity contribution < 1.29 is 22.9 Å². The van der Waals surface area contributed by atoms with Crippen LogP contribution in [0.25, 0.3) is 10.2 Å². The first-order valence-electron chi connectivity index (χ1n) is 8.96. The lowest BCUT2D eigenvalue weighted by molar-refractivity contribution is -0.384. The number of benzene rings is 2. The fraction of sp³-hybridized carbons (Fsp3) is 0.263. The fourth-order valence-electron chi connectivity index (χ4n) is 2.89. The number of carbonyl (C=O) groups excluding carboxylic acids is 1. The lowest BCUT2D eigenvalue weighted by Crippen LogP contribution is -2.20. The average molecular weight is 450 g/mol. The maximum Gasteiger partial charge on any atom is 0.280 e. The van der Waals surface area contributed by atoms with Gasteiger partial charge in [0.25, 0.3) is 11.6 Å². The van der Waals surface area contributed by atoms with E-state index < -0.39 is 20.7 Å². The SMILES string of the molecule is CCOCCn1c(=NC(=O)c2ccccc2S(C)(=O)=O)sc2ccc([N+](=O)[O-])cc21. The Bertz CT molecular complexity index is 1290. The predicted octanol–water partition coefficient (Wildman–Crippen LogP) is 2.79. The third-order valence-electron chi connectivity index (χ3n) is 4.25. The molecule has 11 heteroatoms. The number of carbonyl (C=O) groups is 1. The van der Waals surface area contributed by atoms with Gasteiger partial charge in [0.1, 0.15) is 0 Å². The van der Waals surface area contributed by atoms with E-state index in [0.717, 1.165) is 6.26 Å². The van der Waals surface area contributed by atoms with Gasteiger partial charge in [0.15, 0.2) is 14.6 Å². The minimum atomic E-state index is -3.62. The summed E-state index contributed by atoms with van der Waals surface area (Å²) in [7, 11) is -3.62. The number of thiazole rings is 1. The standard InChI is InChI=1S/C19H19N3O6S2/c1-3-28-11-10-21-15-12-13(22(24)25)8-9-16(15)29-19(21)20-18(23)14-6-4-5-7-17(14)30(2,26)27/h4-9,12H,3,10-11H2,1-2H3. The van der Waals surface area contributed by atoms with Crippen LogP contribution in [0, 0.1) is 10.1 Å². The molecule has 0 saturated heterocycles. The molecule has 0 aliphatic carbocycles. The molecule has 0 aliphatic heterocycles. The minimum absolute atomic E-state index is 0.0280. The molecule has 3 rings (SSSR count). The zero-order valence-electron chi connectivity index (χ0n) is 16.3. The molecule has 1 amide bonds. The molecule has 2 aromatic carbocycles. The summed E-state index contributed by atoms with van der Waals surface area (Å²) in [5, 5.41) is 11.2. The molecule has 0 atom stereocenters. The van der Waals surface area contributed by atoms with Crippen LogP contribution in [0.1, 0.15) is 17.3 Å². The van der Waals surface area contributed by atoms with Crippen LogP contribution in [0.15, 0.2) is 52.4 Å². The number of ether oxygens (including phenoxy) is 1. The van der Waals surface area contributed by atoms with Crippen LogP contribution in [0.4, 0.5) is 5.69 Å². The van der Waals surface area contributed by atoms with Gasteiger partial charge in [-0.05, 0) is 25.1 Å². The second-order valence-electron chi connectivity index (χ2n) is 6.33. The van der Waals surface area contributed by atoms with Crippen molar-refractivity contribution in [1.29, 1.82) is 0 Å². The molecule has 0 bridgehead atoms. The number of nitrogens with zero attached hydrogens (tertiary/aromatic N) is 3. The molecule has 0 radical (unpaired) electrons. The van der Waals surface area contributed by atoms with E-state index >= 15 is 0 Å². The molecule has 0 aliphatic rings. The van der Waals surface area contributed by atoms with Crippen molar-refractivity contribution >= 4 is 43.0 Å². The Kier molecular flexibility index (Phi) is 6.44. The normalized spacial score (nSPS) is 12.4. The van der Waals surface area contributed by atoms with Crippen molar-refractivity contribution in [2.75, 3.05) is 19.5 Å². The highest BCUT2D eigenvalue weighted by Gasteiger charge is 2.19. The van der Waals surface area contributed by atoms with E-state index in [0.29, 0.717) is 34.8 Å². The van der Waals surface area contributed by atoms with Gasteiger partial charge < -0.3 is 9.30 Å². The van der Waals surface area contributed by atoms with Crippen LogP contribution in [-0.4, -0.2) is 43.3 Å². The summed E-state index contributed by atoms with van der Waals surface area (Å²) >= 11 is 1.19. The molecule has 3 aromatic rings. The van der Waals surface area contributed by atoms with Gasteiger partial charge in [0.05, 0.1) is 32.2 Å². The number of fused-ring (bicyclic) bond motifs is 1. The number of aromatic nitrogens is 1. The summed E-state index contributed by atoms with van der Waals surface area (Å²) < 4.78 is 31.8. The molecule has 0 spiro atoms. The van der Waals surface area contributed by atoms with Crippen molar-refractivity contribution in [2.45, 2.75) is 18.4 Å². The van der Waals surface area contributed by atoms with E-state index in [2.05, 4.69) is 4.99 Å². The summed E-state index contributed by atoms with van der Waals surface area (Å²) in [4.78, 5) is 27.9. The van der Waals surface area contributed by atoms with Crippen LogP contribution in [0.3, 0.4) is 0 Å². The monoisotopic (exact) mass is 449 g/mol. The largest absolute Gasteiger partial charge is 0.380 e. The van der Waals surface area contributed by atoms with Crippen molar-refractivity contribution in [2.24, 2.45) is 4.99 Å². The highest BCUT2D eigenvalue weighted by Crippen LogP contribution is 2.23. The third kappa shape index (κ3) is 4.64. The third-order valence-corrected chi connectivity index (χ3v) is 6.47. The highest BCUT2D eigenvalue weighted by molar-refractivity contribution is 7.90. The second kappa shape index (κ2) is 8.86. The molecule has 9 nitrogen and oxygen atoms in total. The van der Waals surface area contributed by atoms with Gasteiger partial charge in [-0.3, -0.25) is 14.9 Å². The Morgan fingerprint density at radius 1 is 1.27 bits per heavy atom. The maximum absolute atomic E-state index is 12.8. The van der Waals surface area contributed by atoms with Gasteiger partial charge in [-0.15, -0.1) is 0 Å². The van der Waals surface area contributed by atoms with Crippen LogP contribution in [-0.2, 0) is 21.1 Å². The quantitative estimate of drug-likeness (QED) is 0.311. The first kappa shape index (κ1) is 21.8. The molecular formula is C19H19N3O6S2. The van der Waals surface area contributed by atoms with Crippen molar-refractivity contribution in [1.82, 2.24) is 4.57 Å². The molecule has 1 aromatic heterocycles. The van der Waals surface area contributed by atoms with Crippen LogP contribution < -0.4 is 4.80 Å². The zero-order valence-corrected chi connectivity index (χ0v) is 17.9. The van der Waals surface area contributed by atoms with E-state index in [9.17, 15) is 23.3 Å². The zero-order chi connectivity index (χ0) is 21.9. The molecule has 0 N–H and O–H groups in total. The van der Waals surface area contributed by atoms with Gasteiger partial charge in [-0.2, -0.15) is 4.99 Å². The van der Waals surface area contributed by atoms with Crippen molar-refractivity contribution in [3.63, 3.8) is 0 Å². The highest BCUT2D eigenvalue weighted by atomic mass is 32.2. The van der Waals surface area contributed by atoms with Crippen LogP contribution >= 0.6 is 11.3 Å². The number of hydrogen-bond donors (Lipinski definition) is 0. The Morgan fingerprint density at radius 2 is 2.00 bits per heavy atom. The Labute approximate surface area is 176 Å². The number of nitro groups is 1. The lowest BCUT2D eigenvalue weighted by atomic mass is 10.2. The fourth-order valence-corrected chi connectivity index (χ4v) is 4.80. The molecule has 0 saturated carbocycles. The van der Waals surface area contributed by atoms with E-state index in [4.69, 9.17) is 4.74 Å². The number of sulfone groups is 1. The predicted molar refractivity (Wildman–Crippen MR) is 112 cm³/mol. The van der Waals surface area contributed by atoms with E-state index in [1.165, 1.54) is 41.7 Å². The summed E-state index contributed by atoms with van der Waals surface area (Å²) in [6.45, 7) is 3.00. The van der Waals surface area contributed by atoms with Crippen molar-refractivity contribution in [3.05, 3.63) is 62.9 Å². The Balaban J connectivity index is 2.17. The summed E-state index contributed by atoms with van der Waals surface area (Å²) in [5.74, 6) is -0.706. The molecular weight excluding hydrogens is 430 g/mol. The van der Waals surface area contributed by atoms with E-state index in [1.807, 2.05) is 6.92 Å². The summed E-state index contributed by atoms with van der Waals surface area (Å²) in [6, 6.07) is 10.3. The topological polar surface area (TPSA) is 121 Å². The minimum Gasteiger partial charge on any atom is -0.380 e. The Hall–Kier alpha value is -2.89. The van der Waals surface area contributed by atoms with Crippen LogP contribution in [0.5, 0.6) is 0 Å². The van der Waals surface area contributed by atoms with Gasteiger partial charge in [0, 0.05) is 31.5 Å². The smallest absolute Gasteiger partial charge is 0.280 e. The van der Waals surface area contributed by atoms with Gasteiger partial charge in [-0.1, -0.05) is 23.5 Å². The molecule has 0 unspecified atom stereocenters. The summed E-state index contributed by atoms with van der Waals surface area (Å²) in [5.41, 5.74) is 0.447. The number of non-ortho nitro benzene ring substituents is 1. The number of nitro benzene ring substituents is 1. The van der Waals surface area contributed by atoms with Crippen LogP contribution in [0.2, 0.25) is 0 Å². The molecule has 0 fully saturated rings. The maximum atomic E-state index is 12.8. The lowest BCUT2D eigenvalue weighted by Gasteiger charge is -2.06. The summed E-state index contributed by atoms with van der Waals surface area (Å²) in [6.07, 6.45) is 1.03. The van der Waals surface area contributed by atoms with Crippen molar-refractivity contribution in [3.8, 4) is 0 Å². The molecule has 158 valence electrons. The first-order valence-corrected chi connectivity index (χ1v) is 11.7.